The van der Waals surface area contributed by atoms with E-state index in [2.05, 4.69) is 0 Å². The summed E-state index contributed by atoms with van der Waals surface area (Å²) in [5.74, 6) is -2.02. The maximum Gasteiger partial charge on any atom is 0.341 e. The number of amides is 1. The van der Waals surface area contributed by atoms with E-state index in [0.29, 0.717) is 12.8 Å². The van der Waals surface area contributed by atoms with Crippen molar-refractivity contribution < 1.29 is 19.8 Å². The van der Waals surface area contributed by atoms with Gasteiger partial charge in [-0.15, -0.1) is 0 Å². The first-order valence-corrected chi connectivity index (χ1v) is 7.51. The third kappa shape index (κ3) is 2.88. The number of carboxylic acids is 1. The number of para-hydroxylation sites is 1. The molecule has 0 saturated carbocycles. The van der Waals surface area contributed by atoms with Crippen molar-refractivity contribution in [3.05, 3.63) is 58.5 Å². The molecule has 3 rings (SSSR count). The minimum Gasteiger partial charge on any atom is -0.503 e. The lowest BCUT2D eigenvalue weighted by atomic mass is 10.2. The van der Waals surface area contributed by atoms with Crippen LogP contribution in [0.5, 0.6) is 5.75 Å². The van der Waals surface area contributed by atoms with Gasteiger partial charge in [-0.25, -0.2) is 4.79 Å². The molecule has 7 nitrogen and oxygen atoms in total. The van der Waals surface area contributed by atoms with Crippen molar-refractivity contribution >= 4 is 17.6 Å². The van der Waals surface area contributed by atoms with Gasteiger partial charge in [-0.2, -0.15) is 0 Å². The Kier molecular flexibility index (Phi) is 4.07. The normalized spacial score (nSPS) is 17.2. The van der Waals surface area contributed by atoms with Gasteiger partial charge in [0.05, 0.1) is 6.04 Å². The third-order valence-electron chi connectivity index (χ3n) is 4.07. The number of pyridine rings is 1. The fourth-order valence-electron chi connectivity index (χ4n) is 2.98. The number of aromatic carboxylic acids is 1. The lowest BCUT2D eigenvalue weighted by Gasteiger charge is -2.26. The van der Waals surface area contributed by atoms with Crippen LogP contribution in [0, 0.1) is 0 Å². The van der Waals surface area contributed by atoms with E-state index < -0.39 is 22.7 Å². The zero-order valence-electron chi connectivity index (χ0n) is 12.8. The van der Waals surface area contributed by atoms with Crippen LogP contribution in [-0.4, -0.2) is 32.7 Å². The van der Waals surface area contributed by atoms with Crippen LogP contribution in [0.4, 0.5) is 5.69 Å². The van der Waals surface area contributed by atoms with Crippen LogP contribution in [0.2, 0.25) is 0 Å². The Bertz CT molecular complexity index is 844. The quantitative estimate of drug-likeness (QED) is 0.885. The molecule has 0 radical (unpaired) electrons. The molecule has 1 amide bonds. The van der Waals surface area contributed by atoms with Crippen molar-refractivity contribution in [2.75, 3.05) is 4.90 Å². The van der Waals surface area contributed by atoms with Crippen LogP contribution in [0.3, 0.4) is 0 Å². The predicted octanol–water partition coefficient (Wildman–Crippen LogP) is 1.45. The van der Waals surface area contributed by atoms with Crippen LogP contribution in [0.15, 0.2) is 47.5 Å². The van der Waals surface area contributed by atoms with Gasteiger partial charge in [0.1, 0.15) is 5.56 Å². The summed E-state index contributed by atoms with van der Waals surface area (Å²) in [5.41, 5.74) is -0.638. The van der Waals surface area contributed by atoms with Crippen LogP contribution in [-0.2, 0) is 11.3 Å². The lowest BCUT2D eigenvalue weighted by molar-refractivity contribution is -0.117. The van der Waals surface area contributed by atoms with Gasteiger partial charge in [-0.05, 0) is 18.6 Å². The Hall–Kier alpha value is -3.09. The van der Waals surface area contributed by atoms with Gasteiger partial charge >= 0.3 is 5.97 Å². The second-order valence-electron chi connectivity index (χ2n) is 5.68. The minimum atomic E-state index is -1.40. The van der Waals surface area contributed by atoms with Gasteiger partial charge in [0.2, 0.25) is 11.3 Å². The number of hydrogen-bond donors (Lipinski definition) is 2. The summed E-state index contributed by atoms with van der Waals surface area (Å²) in [7, 11) is 0. The number of carbonyl (C=O) groups excluding carboxylic acids is 1. The minimum absolute atomic E-state index is 0.00470. The molecule has 1 atom stereocenters. The Morgan fingerprint density at radius 2 is 1.88 bits per heavy atom. The number of nitrogens with zero attached hydrogens (tertiary/aromatic N) is 2. The molecule has 0 aliphatic carbocycles. The molecule has 1 aromatic heterocycles. The number of carbonyl (C=O) groups is 2. The van der Waals surface area contributed by atoms with Crippen molar-refractivity contribution in [2.45, 2.75) is 25.4 Å². The highest BCUT2D eigenvalue weighted by molar-refractivity contribution is 5.96. The van der Waals surface area contributed by atoms with Crippen molar-refractivity contribution in [2.24, 2.45) is 0 Å². The van der Waals surface area contributed by atoms with Crippen molar-refractivity contribution in [1.29, 1.82) is 0 Å². The van der Waals surface area contributed by atoms with Crippen molar-refractivity contribution in [3.63, 3.8) is 0 Å². The van der Waals surface area contributed by atoms with E-state index in [1.165, 1.54) is 17.0 Å². The number of anilines is 1. The predicted molar refractivity (Wildman–Crippen MR) is 86.3 cm³/mol. The fourth-order valence-corrected chi connectivity index (χ4v) is 2.98. The second kappa shape index (κ2) is 6.19. The maximum absolute atomic E-state index is 12.2. The molecule has 1 aromatic carbocycles. The Morgan fingerprint density at radius 3 is 2.54 bits per heavy atom. The summed E-state index contributed by atoms with van der Waals surface area (Å²) in [5, 5.41) is 18.7. The summed E-state index contributed by atoms with van der Waals surface area (Å²) in [4.78, 5) is 36.6. The molecule has 1 fully saturated rings. The highest BCUT2D eigenvalue weighted by Crippen LogP contribution is 2.27. The molecule has 2 aromatic rings. The smallest absolute Gasteiger partial charge is 0.341 e. The van der Waals surface area contributed by atoms with Gasteiger partial charge in [-0.3, -0.25) is 9.59 Å². The standard InChI is InChI=1S/C17H16N2O5/c20-14-10-18(9-13(16(14)22)17(23)24)8-12-6-7-15(21)19(12)11-4-2-1-3-5-11/h1-5,9-10,12,20H,6-8H2,(H,23,24). The second-order valence-corrected chi connectivity index (χ2v) is 5.68. The van der Waals surface area contributed by atoms with E-state index >= 15 is 0 Å². The van der Waals surface area contributed by atoms with E-state index in [0.717, 1.165) is 5.69 Å². The summed E-state index contributed by atoms with van der Waals surface area (Å²) >= 11 is 0. The average molecular weight is 328 g/mol. The number of rotatable bonds is 4. The van der Waals surface area contributed by atoms with Crippen LogP contribution >= 0.6 is 0 Å². The van der Waals surface area contributed by atoms with E-state index in [1.54, 1.807) is 4.90 Å². The van der Waals surface area contributed by atoms with Gasteiger partial charge in [0.25, 0.3) is 0 Å². The highest BCUT2D eigenvalue weighted by Gasteiger charge is 2.32. The number of aromatic hydroxyl groups is 1. The molecule has 1 aliphatic heterocycles. The molecule has 1 saturated heterocycles. The van der Waals surface area contributed by atoms with E-state index in [9.17, 15) is 19.5 Å². The van der Waals surface area contributed by atoms with Crippen LogP contribution < -0.4 is 10.3 Å². The molecule has 2 heterocycles. The third-order valence-corrected chi connectivity index (χ3v) is 4.07. The van der Waals surface area contributed by atoms with E-state index in [-0.39, 0.29) is 18.5 Å². The number of hydrogen-bond acceptors (Lipinski definition) is 4. The molecule has 1 aliphatic rings. The molecular formula is C17H16N2O5. The molecule has 24 heavy (non-hydrogen) atoms. The lowest BCUT2D eigenvalue weighted by Crippen LogP contribution is -2.36. The SMILES string of the molecule is O=C(O)c1cn(CC2CCC(=O)N2c2ccccc2)cc(O)c1=O. The van der Waals surface area contributed by atoms with Gasteiger partial charge in [-0.1, -0.05) is 18.2 Å². The first-order chi connectivity index (χ1) is 11.5. The topological polar surface area (TPSA) is 99.8 Å². The Labute approximate surface area is 137 Å². The summed E-state index contributed by atoms with van der Waals surface area (Å²) in [6.07, 6.45) is 3.40. The number of aromatic nitrogens is 1. The first-order valence-electron chi connectivity index (χ1n) is 7.51. The van der Waals surface area contributed by atoms with E-state index in [1.807, 2.05) is 30.3 Å². The molecule has 0 bridgehead atoms. The summed E-state index contributed by atoms with van der Waals surface area (Å²) < 4.78 is 1.44. The van der Waals surface area contributed by atoms with Crippen molar-refractivity contribution in [1.82, 2.24) is 4.57 Å². The maximum atomic E-state index is 12.2. The molecule has 124 valence electrons. The molecular weight excluding hydrogens is 312 g/mol. The van der Waals surface area contributed by atoms with Crippen LogP contribution in [0.1, 0.15) is 23.2 Å². The summed E-state index contributed by atoms with van der Waals surface area (Å²) in [6, 6.07) is 9.03. The van der Waals surface area contributed by atoms with Crippen LogP contribution in [0.25, 0.3) is 0 Å². The Balaban J connectivity index is 1.92. The largest absolute Gasteiger partial charge is 0.503 e. The monoisotopic (exact) mass is 328 g/mol. The number of benzene rings is 1. The number of carboxylic acid groups (broad SMARTS) is 1. The summed E-state index contributed by atoms with van der Waals surface area (Å²) in [6.45, 7) is 0.286. The zero-order chi connectivity index (χ0) is 17.3. The molecule has 7 heteroatoms. The van der Waals surface area contributed by atoms with E-state index in [4.69, 9.17) is 5.11 Å². The zero-order valence-corrected chi connectivity index (χ0v) is 12.8. The molecule has 1 unspecified atom stereocenters. The molecule has 2 N–H and O–H groups in total. The fraction of sp³-hybridized carbons (Fsp3) is 0.235. The highest BCUT2D eigenvalue weighted by atomic mass is 16.4. The average Bonchev–Trinajstić information content (AvgIpc) is 2.91. The first kappa shape index (κ1) is 15.8. The van der Waals surface area contributed by atoms with Gasteiger partial charge < -0.3 is 19.7 Å². The van der Waals surface area contributed by atoms with Crippen molar-refractivity contribution in [3.8, 4) is 5.75 Å². The van der Waals surface area contributed by atoms with Gasteiger partial charge in [0, 0.05) is 31.0 Å². The van der Waals surface area contributed by atoms with Gasteiger partial charge in [0.15, 0.2) is 5.75 Å². The Morgan fingerprint density at radius 1 is 1.17 bits per heavy atom. The molecule has 0 spiro atoms.